The Morgan fingerprint density at radius 2 is 1.91 bits per heavy atom. The average Bonchev–Trinajstić information content (AvgIpc) is 3.29. The smallest absolute Gasteiger partial charge is 0.191 e. The van der Waals surface area contributed by atoms with Crippen LogP contribution in [0.2, 0.25) is 0 Å². The van der Waals surface area contributed by atoms with Crippen molar-refractivity contribution in [3.63, 3.8) is 0 Å². The number of nitrogens with one attached hydrogen (secondary N) is 2. The van der Waals surface area contributed by atoms with Crippen molar-refractivity contribution in [3.8, 4) is 5.75 Å². The second kappa shape index (κ2) is 12.5. The minimum atomic E-state index is 0.208. The average molecular weight is 439 g/mol. The molecule has 0 spiro atoms. The highest BCUT2D eigenvalue weighted by Crippen LogP contribution is 2.22. The number of hydrogen-bond donors (Lipinski definition) is 2. The van der Waals surface area contributed by atoms with Gasteiger partial charge >= 0.3 is 0 Å². The topological polar surface area (TPSA) is 58.1 Å². The van der Waals surface area contributed by atoms with E-state index in [0.29, 0.717) is 19.7 Å². The van der Waals surface area contributed by atoms with Crippen molar-refractivity contribution in [2.45, 2.75) is 52.4 Å². The summed E-state index contributed by atoms with van der Waals surface area (Å²) in [5.41, 5.74) is 4.81. The summed E-state index contributed by atoms with van der Waals surface area (Å²) in [4.78, 5) is 6.94. The Morgan fingerprint density at radius 3 is 2.59 bits per heavy atom. The van der Waals surface area contributed by atoms with Crippen molar-refractivity contribution in [2.24, 2.45) is 4.99 Å². The predicted octanol–water partition coefficient (Wildman–Crippen LogP) is 3.87. The Hall–Kier alpha value is -2.57. The SMILES string of the molecule is CCNC(=NCc1ccc(CN(C)C)cc1)NCc1ccc(C)cc1OCC1CCCO1. The van der Waals surface area contributed by atoms with Gasteiger partial charge in [0.15, 0.2) is 5.96 Å². The zero-order valence-electron chi connectivity index (χ0n) is 20.0. The number of ether oxygens (including phenoxy) is 2. The molecule has 3 rings (SSSR count). The first-order valence-corrected chi connectivity index (χ1v) is 11.6. The molecule has 1 aliphatic heterocycles. The number of benzene rings is 2. The molecule has 1 aliphatic rings. The molecular weight excluding hydrogens is 400 g/mol. The third-order valence-corrected chi connectivity index (χ3v) is 5.40. The lowest BCUT2D eigenvalue weighted by Crippen LogP contribution is -2.36. The quantitative estimate of drug-likeness (QED) is 0.436. The van der Waals surface area contributed by atoms with Gasteiger partial charge in [-0.2, -0.15) is 0 Å². The molecule has 174 valence electrons. The van der Waals surface area contributed by atoms with Crippen LogP contribution in [-0.2, 0) is 24.4 Å². The molecule has 1 unspecified atom stereocenters. The highest BCUT2D eigenvalue weighted by molar-refractivity contribution is 5.79. The van der Waals surface area contributed by atoms with Crippen molar-refractivity contribution in [1.82, 2.24) is 15.5 Å². The van der Waals surface area contributed by atoms with Crippen LogP contribution in [0.5, 0.6) is 5.75 Å². The van der Waals surface area contributed by atoms with Crippen LogP contribution in [0.15, 0.2) is 47.5 Å². The minimum Gasteiger partial charge on any atom is -0.491 e. The minimum absolute atomic E-state index is 0.208. The molecule has 0 bridgehead atoms. The zero-order chi connectivity index (χ0) is 22.8. The maximum Gasteiger partial charge on any atom is 0.191 e. The van der Waals surface area contributed by atoms with Gasteiger partial charge in [0.05, 0.1) is 12.6 Å². The van der Waals surface area contributed by atoms with Gasteiger partial charge in [0.2, 0.25) is 0 Å². The molecule has 6 heteroatoms. The van der Waals surface area contributed by atoms with Crippen LogP contribution >= 0.6 is 0 Å². The van der Waals surface area contributed by atoms with Gasteiger partial charge in [-0.25, -0.2) is 4.99 Å². The molecule has 0 amide bonds. The standard InChI is InChI=1S/C26H38N4O2/c1-5-27-26(28-16-21-9-11-22(12-10-21)18-30(3)4)29-17-23-13-8-20(2)15-25(23)32-19-24-7-6-14-31-24/h8-13,15,24H,5-7,14,16-19H2,1-4H3,(H2,27,28,29). The Bertz CT molecular complexity index is 859. The van der Waals surface area contributed by atoms with Crippen LogP contribution in [0.3, 0.4) is 0 Å². The monoisotopic (exact) mass is 438 g/mol. The van der Waals surface area contributed by atoms with Crippen LogP contribution < -0.4 is 15.4 Å². The number of guanidine groups is 1. The first kappa shape index (κ1) is 24.1. The highest BCUT2D eigenvalue weighted by atomic mass is 16.5. The third-order valence-electron chi connectivity index (χ3n) is 5.40. The number of rotatable bonds is 10. The summed E-state index contributed by atoms with van der Waals surface area (Å²) in [5.74, 6) is 1.72. The van der Waals surface area contributed by atoms with Crippen LogP contribution in [0.4, 0.5) is 0 Å². The van der Waals surface area contributed by atoms with Gasteiger partial charge in [0, 0.05) is 31.8 Å². The molecule has 32 heavy (non-hydrogen) atoms. The largest absolute Gasteiger partial charge is 0.491 e. The fourth-order valence-electron chi connectivity index (χ4n) is 3.71. The van der Waals surface area contributed by atoms with Crippen molar-refractivity contribution in [1.29, 1.82) is 0 Å². The lowest BCUT2D eigenvalue weighted by Gasteiger charge is -2.17. The molecule has 1 heterocycles. The van der Waals surface area contributed by atoms with Gasteiger partial charge in [-0.15, -0.1) is 0 Å². The molecule has 1 saturated heterocycles. The molecule has 0 aliphatic carbocycles. The number of aryl methyl sites for hydroxylation is 1. The Balaban J connectivity index is 1.59. The summed E-state index contributed by atoms with van der Waals surface area (Å²) in [6.07, 6.45) is 2.41. The van der Waals surface area contributed by atoms with Crippen molar-refractivity contribution in [3.05, 3.63) is 64.7 Å². The zero-order valence-corrected chi connectivity index (χ0v) is 20.0. The highest BCUT2D eigenvalue weighted by Gasteiger charge is 2.17. The van der Waals surface area contributed by atoms with E-state index < -0.39 is 0 Å². The summed E-state index contributed by atoms with van der Waals surface area (Å²) in [6, 6.07) is 15.0. The van der Waals surface area contributed by atoms with E-state index in [-0.39, 0.29) is 6.10 Å². The second-order valence-electron chi connectivity index (χ2n) is 8.66. The van der Waals surface area contributed by atoms with Crippen molar-refractivity contribution >= 4 is 5.96 Å². The Kier molecular flexibility index (Phi) is 9.38. The molecule has 2 aromatic carbocycles. The summed E-state index contributed by atoms with van der Waals surface area (Å²) in [5, 5.41) is 6.79. The molecule has 6 nitrogen and oxygen atoms in total. The van der Waals surface area contributed by atoms with E-state index in [0.717, 1.165) is 49.8 Å². The van der Waals surface area contributed by atoms with Gasteiger partial charge in [0.25, 0.3) is 0 Å². The Labute approximate surface area is 193 Å². The van der Waals surface area contributed by atoms with E-state index in [2.05, 4.69) is 85.9 Å². The summed E-state index contributed by atoms with van der Waals surface area (Å²) in [7, 11) is 4.17. The molecule has 0 aromatic heterocycles. The van der Waals surface area contributed by atoms with Gasteiger partial charge in [-0.05, 0) is 63.5 Å². The van der Waals surface area contributed by atoms with Crippen LogP contribution in [0, 0.1) is 6.92 Å². The van der Waals surface area contributed by atoms with E-state index in [4.69, 9.17) is 14.5 Å². The second-order valence-corrected chi connectivity index (χ2v) is 8.66. The maximum atomic E-state index is 6.13. The maximum absolute atomic E-state index is 6.13. The van der Waals surface area contributed by atoms with E-state index in [9.17, 15) is 0 Å². The van der Waals surface area contributed by atoms with E-state index in [1.807, 2.05) is 0 Å². The van der Waals surface area contributed by atoms with Crippen LogP contribution in [-0.4, -0.2) is 50.8 Å². The summed E-state index contributed by atoms with van der Waals surface area (Å²) in [6.45, 7) is 8.65. The first-order valence-electron chi connectivity index (χ1n) is 11.6. The van der Waals surface area contributed by atoms with Gasteiger partial charge in [-0.1, -0.05) is 36.4 Å². The number of nitrogens with zero attached hydrogens (tertiary/aromatic N) is 2. The Morgan fingerprint density at radius 1 is 1.12 bits per heavy atom. The normalized spacial score (nSPS) is 16.4. The van der Waals surface area contributed by atoms with Crippen LogP contribution in [0.25, 0.3) is 0 Å². The lowest BCUT2D eigenvalue weighted by atomic mass is 10.1. The molecule has 1 fully saturated rings. The summed E-state index contributed by atoms with van der Waals surface area (Å²) >= 11 is 0. The molecule has 2 aromatic rings. The van der Waals surface area contributed by atoms with Gasteiger partial charge in [0.1, 0.15) is 12.4 Å². The molecule has 1 atom stereocenters. The number of hydrogen-bond acceptors (Lipinski definition) is 4. The molecule has 0 saturated carbocycles. The molecular formula is C26H38N4O2. The van der Waals surface area contributed by atoms with E-state index in [1.165, 1.54) is 16.7 Å². The predicted molar refractivity (Wildman–Crippen MR) is 131 cm³/mol. The summed E-state index contributed by atoms with van der Waals surface area (Å²) < 4.78 is 11.8. The van der Waals surface area contributed by atoms with Crippen molar-refractivity contribution in [2.75, 3.05) is 33.9 Å². The van der Waals surface area contributed by atoms with Crippen LogP contribution in [0.1, 0.15) is 42.0 Å². The van der Waals surface area contributed by atoms with Crippen molar-refractivity contribution < 1.29 is 9.47 Å². The van der Waals surface area contributed by atoms with E-state index >= 15 is 0 Å². The van der Waals surface area contributed by atoms with Gasteiger partial charge in [-0.3, -0.25) is 0 Å². The third kappa shape index (κ3) is 7.84. The van der Waals surface area contributed by atoms with Gasteiger partial charge < -0.3 is 25.0 Å². The first-order chi connectivity index (χ1) is 15.5. The molecule has 2 N–H and O–H groups in total. The lowest BCUT2D eigenvalue weighted by molar-refractivity contribution is 0.0676. The number of aliphatic imine (C=N–C) groups is 1. The fourth-order valence-corrected chi connectivity index (χ4v) is 3.71. The molecule has 0 radical (unpaired) electrons. The van der Waals surface area contributed by atoms with E-state index in [1.54, 1.807) is 0 Å². The fraction of sp³-hybridized carbons (Fsp3) is 0.500.